The highest BCUT2D eigenvalue weighted by molar-refractivity contribution is 5.85. The van der Waals surface area contributed by atoms with Gasteiger partial charge in [0.1, 0.15) is 0 Å². The van der Waals surface area contributed by atoms with Gasteiger partial charge in [-0.3, -0.25) is 0 Å². The normalized spacial score (nSPS) is 11.2. The van der Waals surface area contributed by atoms with Gasteiger partial charge in [-0.25, -0.2) is 0 Å². The number of hydrogen-bond acceptors (Lipinski definition) is 4. The first-order valence-corrected chi connectivity index (χ1v) is 6.56. The molecule has 1 aromatic carbocycles. The lowest BCUT2D eigenvalue weighted by Crippen LogP contribution is -1.90. The van der Waals surface area contributed by atoms with Crippen LogP contribution >= 0.6 is 0 Å². The van der Waals surface area contributed by atoms with E-state index in [9.17, 15) is 0 Å². The molecule has 0 atom stereocenters. The van der Waals surface area contributed by atoms with E-state index in [4.69, 9.17) is 14.7 Å². The van der Waals surface area contributed by atoms with Crippen LogP contribution in [0, 0.1) is 0 Å². The molecule has 0 spiro atoms. The standard InChI is InChI=1S/C16H16N2O2/c1-10(2)11-5-7-12(8-6-11)14-15(20-18-16(14)17)13-4-3-9-19-13/h3-10H,1-2H3,(H2,17,18). The zero-order valence-electron chi connectivity index (χ0n) is 11.5. The van der Waals surface area contributed by atoms with Crippen LogP contribution in [0.1, 0.15) is 25.3 Å². The number of aromatic nitrogens is 1. The summed E-state index contributed by atoms with van der Waals surface area (Å²) in [5.74, 6) is 2.05. The fourth-order valence-corrected chi connectivity index (χ4v) is 2.19. The Labute approximate surface area is 117 Å². The van der Waals surface area contributed by atoms with Crippen LogP contribution in [0.25, 0.3) is 22.6 Å². The molecule has 2 N–H and O–H groups in total. The molecule has 0 aliphatic carbocycles. The molecule has 102 valence electrons. The van der Waals surface area contributed by atoms with Crippen LogP contribution in [0.4, 0.5) is 5.82 Å². The van der Waals surface area contributed by atoms with E-state index in [2.05, 4.69) is 31.1 Å². The fraction of sp³-hybridized carbons (Fsp3) is 0.188. The zero-order chi connectivity index (χ0) is 14.1. The van der Waals surface area contributed by atoms with E-state index < -0.39 is 0 Å². The van der Waals surface area contributed by atoms with Crippen molar-refractivity contribution < 1.29 is 8.94 Å². The van der Waals surface area contributed by atoms with Gasteiger partial charge >= 0.3 is 0 Å². The van der Waals surface area contributed by atoms with E-state index in [0.717, 1.165) is 11.1 Å². The number of benzene rings is 1. The van der Waals surface area contributed by atoms with Gasteiger partial charge in [-0.15, -0.1) is 0 Å². The largest absolute Gasteiger partial charge is 0.461 e. The zero-order valence-corrected chi connectivity index (χ0v) is 11.5. The van der Waals surface area contributed by atoms with Crippen molar-refractivity contribution in [1.82, 2.24) is 5.16 Å². The topological polar surface area (TPSA) is 65.2 Å². The number of hydrogen-bond donors (Lipinski definition) is 1. The van der Waals surface area contributed by atoms with E-state index in [0.29, 0.717) is 23.3 Å². The molecule has 20 heavy (non-hydrogen) atoms. The molecule has 0 unspecified atom stereocenters. The summed E-state index contributed by atoms with van der Waals surface area (Å²) in [4.78, 5) is 0. The molecular weight excluding hydrogens is 252 g/mol. The highest BCUT2D eigenvalue weighted by atomic mass is 16.5. The van der Waals surface area contributed by atoms with Crippen LogP contribution in [0.15, 0.2) is 51.6 Å². The molecule has 2 heterocycles. The van der Waals surface area contributed by atoms with E-state index in [1.807, 2.05) is 18.2 Å². The number of anilines is 1. The molecule has 4 heteroatoms. The Kier molecular flexibility index (Phi) is 3.06. The van der Waals surface area contributed by atoms with Gasteiger partial charge in [0.15, 0.2) is 11.6 Å². The van der Waals surface area contributed by atoms with Gasteiger partial charge in [0, 0.05) is 0 Å². The van der Waals surface area contributed by atoms with Gasteiger partial charge in [0.05, 0.1) is 11.8 Å². The van der Waals surface area contributed by atoms with Crippen molar-refractivity contribution in [3.05, 3.63) is 48.2 Å². The molecule has 0 bridgehead atoms. The molecule has 4 nitrogen and oxygen atoms in total. The van der Waals surface area contributed by atoms with Gasteiger partial charge in [-0.1, -0.05) is 43.3 Å². The molecule has 2 aromatic heterocycles. The summed E-state index contributed by atoms with van der Waals surface area (Å²) < 4.78 is 10.7. The molecule has 0 fully saturated rings. The summed E-state index contributed by atoms with van der Waals surface area (Å²) in [5.41, 5.74) is 8.96. The van der Waals surface area contributed by atoms with Crippen LogP contribution in [-0.2, 0) is 0 Å². The Balaban J connectivity index is 2.08. The van der Waals surface area contributed by atoms with Crippen molar-refractivity contribution in [1.29, 1.82) is 0 Å². The third-order valence-electron chi connectivity index (χ3n) is 3.33. The predicted molar refractivity (Wildman–Crippen MR) is 78.1 cm³/mol. The molecule has 0 aliphatic rings. The van der Waals surface area contributed by atoms with Crippen LogP contribution in [0.2, 0.25) is 0 Å². The number of nitrogens with two attached hydrogens (primary N) is 1. The molecule has 0 saturated carbocycles. The third-order valence-corrected chi connectivity index (χ3v) is 3.33. The predicted octanol–water partition coefficient (Wildman–Crippen LogP) is 4.31. The summed E-state index contributed by atoms with van der Waals surface area (Å²) in [6.45, 7) is 4.33. The average Bonchev–Trinajstić information content (AvgIpc) is 3.07. The van der Waals surface area contributed by atoms with Crippen LogP contribution in [0.5, 0.6) is 0 Å². The summed E-state index contributed by atoms with van der Waals surface area (Å²) >= 11 is 0. The van der Waals surface area contributed by atoms with E-state index >= 15 is 0 Å². The molecule has 3 aromatic rings. The molecule has 0 saturated heterocycles. The van der Waals surface area contributed by atoms with Crippen molar-refractivity contribution in [2.75, 3.05) is 5.73 Å². The molecule has 0 aliphatic heterocycles. The Morgan fingerprint density at radius 2 is 1.85 bits per heavy atom. The maximum Gasteiger partial charge on any atom is 0.212 e. The maximum atomic E-state index is 5.93. The van der Waals surface area contributed by atoms with Crippen molar-refractivity contribution in [3.8, 4) is 22.6 Å². The van der Waals surface area contributed by atoms with Crippen molar-refractivity contribution in [2.45, 2.75) is 19.8 Å². The Hall–Kier alpha value is -2.49. The van der Waals surface area contributed by atoms with Gasteiger partial charge in [-0.05, 0) is 29.2 Å². The SMILES string of the molecule is CC(C)c1ccc(-c2c(N)noc2-c2ccco2)cc1. The van der Waals surface area contributed by atoms with Crippen molar-refractivity contribution in [2.24, 2.45) is 0 Å². The average molecular weight is 268 g/mol. The van der Waals surface area contributed by atoms with Gasteiger partial charge in [-0.2, -0.15) is 0 Å². The van der Waals surface area contributed by atoms with Gasteiger partial charge < -0.3 is 14.7 Å². The maximum absolute atomic E-state index is 5.93. The lowest BCUT2D eigenvalue weighted by atomic mass is 9.98. The minimum Gasteiger partial charge on any atom is -0.461 e. The third kappa shape index (κ3) is 2.09. The van der Waals surface area contributed by atoms with E-state index in [1.165, 1.54) is 5.56 Å². The van der Waals surface area contributed by atoms with Gasteiger partial charge in [0.25, 0.3) is 0 Å². The highest BCUT2D eigenvalue weighted by Crippen LogP contribution is 2.37. The monoisotopic (exact) mass is 268 g/mol. The second kappa shape index (κ2) is 4.89. The Morgan fingerprint density at radius 3 is 2.45 bits per heavy atom. The van der Waals surface area contributed by atoms with Crippen LogP contribution in [0.3, 0.4) is 0 Å². The second-order valence-electron chi connectivity index (χ2n) is 5.03. The lowest BCUT2D eigenvalue weighted by Gasteiger charge is -2.06. The highest BCUT2D eigenvalue weighted by Gasteiger charge is 2.19. The van der Waals surface area contributed by atoms with Crippen molar-refractivity contribution >= 4 is 5.82 Å². The van der Waals surface area contributed by atoms with E-state index in [1.54, 1.807) is 12.3 Å². The number of rotatable bonds is 3. The Bertz CT molecular complexity index is 695. The molecule has 0 radical (unpaired) electrons. The molecule has 3 rings (SSSR count). The van der Waals surface area contributed by atoms with Crippen molar-refractivity contribution in [3.63, 3.8) is 0 Å². The van der Waals surface area contributed by atoms with Crippen LogP contribution < -0.4 is 5.73 Å². The first-order chi connectivity index (χ1) is 9.66. The summed E-state index contributed by atoms with van der Waals surface area (Å²) in [5, 5.41) is 3.85. The fourth-order valence-electron chi connectivity index (χ4n) is 2.19. The first kappa shape index (κ1) is 12.5. The number of nitrogen functional groups attached to an aromatic ring is 1. The lowest BCUT2D eigenvalue weighted by molar-refractivity contribution is 0.421. The van der Waals surface area contributed by atoms with E-state index in [-0.39, 0.29) is 0 Å². The summed E-state index contributed by atoms with van der Waals surface area (Å²) in [6, 6.07) is 11.9. The number of furan rings is 1. The minimum atomic E-state index is 0.369. The summed E-state index contributed by atoms with van der Waals surface area (Å²) in [7, 11) is 0. The van der Waals surface area contributed by atoms with Crippen LogP contribution in [-0.4, -0.2) is 5.16 Å². The summed E-state index contributed by atoms with van der Waals surface area (Å²) in [6.07, 6.45) is 1.60. The molecule has 0 amide bonds. The smallest absolute Gasteiger partial charge is 0.212 e. The first-order valence-electron chi connectivity index (χ1n) is 6.56. The Morgan fingerprint density at radius 1 is 1.10 bits per heavy atom. The second-order valence-corrected chi connectivity index (χ2v) is 5.03. The number of nitrogens with zero attached hydrogens (tertiary/aromatic N) is 1. The van der Waals surface area contributed by atoms with Gasteiger partial charge in [0.2, 0.25) is 5.76 Å². The molecular formula is C16H16N2O2. The minimum absolute atomic E-state index is 0.369. The quantitative estimate of drug-likeness (QED) is 0.768.